The second-order valence-corrected chi connectivity index (χ2v) is 7.31. The summed E-state index contributed by atoms with van der Waals surface area (Å²) in [6.07, 6.45) is 2.09. The van der Waals surface area contributed by atoms with E-state index < -0.39 is 34.9 Å². The number of amides is 1. The van der Waals surface area contributed by atoms with Gasteiger partial charge in [-0.1, -0.05) is 13.8 Å². The third-order valence-corrected chi connectivity index (χ3v) is 5.16. The lowest BCUT2D eigenvalue weighted by Gasteiger charge is -2.13. The summed E-state index contributed by atoms with van der Waals surface area (Å²) in [6.45, 7) is 4.78. The van der Waals surface area contributed by atoms with E-state index in [9.17, 15) is 14.0 Å². The van der Waals surface area contributed by atoms with Gasteiger partial charge < -0.3 is 20.5 Å². The van der Waals surface area contributed by atoms with Crippen LogP contribution < -0.4 is 10.6 Å². The van der Waals surface area contributed by atoms with Crippen LogP contribution in [0.1, 0.15) is 26.7 Å². The van der Waals surface area contributed by atoms with Gasteiger partial charge in [0.15, 0.2) is 0 Å². The maximum absolute atomic E-state index is 14.2. The number of benzene rings is 1. The Morgan fingerprint density at radius 2 is 2.12 bits per heavy atom. The molecule has 25 heavy (non-hydrogen) atoms. The summed E-state index contributed by atoms with van der Waals surface area (Å²) in [5, 5.41) is 14.8. The molecule has 7 heteroatoms. The first-order valence-corrected chi connectivity index (χ1v) is 8.49. The number of carbonyl (C=O) groups excluding carboxylic acids is 1. The molecule has 0 radical (unpaired) electrons. The second-order valence-electron chi connectivity index (χ2n) is 7.31. The highest BCUT2D eigenvalue weighted by molar-refractivity contribution is 5.99. The largest absolute Gasteiger partial charge is 0.481 e. The fourth-order valence-electron chi connectivity index (χ4n) is 3.57. The topological polar surface area (TPSA) is 87.7 Å². The fraction of sp³-hybridized carbons (Fsp3) is 0.556. The van der Waals surface area contributed by atoms with Crippen molar-refractivity contribution in [1.82, 2.24) is 0 Å². The van der Waals surface area contributed by atoms with Gasteiger partial charge in [-0.25, -0.2) is 4.39 Å². The molecule has 3 N–H and O–H groups in total. The van der Waals surface area contributed by atoms with Gasteiger partial charge in [-0.3, -0.25) is 9.59 Å². The van der Waals surface area contributed by atoms with Gasteiger partial charge in [-0.15, -0.1) is 0 Å². The molecule has 0 bridgehead atoms. The van der Waals surface area contributed by atoms with Crippen LogP contribution >= 0.6 is 0 Å². The molecule has 1 heterocycles. The molecular weight excluding hydrogens is 327 g/mol. The van der Waals surface area contributed by atoms with Crippen molar-refractivity contribution in [3.05, 3.63) is 24.0 Å². The molecule has 2 aliphatic rings. The SMILES string of the molecule is CC1(C)[C@H](C(=O)O)[C@@H]1C(=O)Nc1ccc(NCC2CCCO2)c(F)c1. The summed E-state index contributed by atoms with van der Waals surface area (Å²) in [5.41, 5.74) is 0.0812. The van der Waals surface area contributed by atoms with Crippen LogP contribution in [0.15, 0.2) is 18.2 Å². The maximum Gasteiger partial charge on any atom is 0.307 e. The Balaban J connectivity index is 1.59. The Hall–Kier alpha value is -2.15. The second kappa shape index (κ2) is 6.63. The third-order valence-electron chi connectivity index (χ3n) is 5.16. The van der Waals surface area contributed by atoms with E-state index in [0.717, 1.165) is 19.4 Å². The van der Waals surface area contributed by atoms with E-state index in [4.69, 9.17) is 9.84 Å². The Labute approximate surface area is 145 Å². The average molecular weight is 350 g/mol. The van der Waals surface area contributed by atoms with Gasteiger partial charge in [0.1, 0.15) is 5.82 Å². The molecule has 6 nitrogen and oxygen atoms in total. The van der Waals surface area contributed by atoms with Crippen molar-refractivity contribution in [2.45, 2.75) is 32.8 Å². The summed E-state index contributed by atoms with van der Waals surface area (Å²) in [7, 11) is 0. The number of carboxylic acid groups (broad SMARTS) is 1. The van der Waals surface area contributed by atoms with E-state index in [2.05, 4.69) is 10.6 Å². The molecule has 1 aliphatic heterocycles. The molecule has 2 fully saturated rings. The summed E-state index contributed by atoms with van der Waals surface area (Å²) in [4.78, 5) is 23.4. The zero-order valence-corrected chi connectivity index (χ0v) is 14.3. The van der Waals surface area contributed by atoms with Crippen LogP contribution in [-0.4, -0.2) is 36.2 Å². The number of hydrogen-bond donors (Lipinski definition) is 3. The van der Waals surface area contributed by atoms with Crippen molar-refractivity contribution in [2.75, 3.05) is 23.8 Å². The van der Waals surface area contributed by atoms with Gasteiger partial charge in [-0.05, 0) is 36.5 Å². The predicted molar refractivity (Wildman–Crippen MR) is 90.9 cm³/mol. The van der Waals surface area contributed by atoms with Gasteiger partial charge in [0.2, 0.25) is 5.91 Å². The van der Waals surface area contributed by atoms with Crippen molar-refractivity contribution >= 4 is 23.3 Å². The van der Waals surface area contributed by atoms with Crippen molar-refractivity contribution in [3.8, 4) is 0 Å². The van der Waals surface area contributed by atoms with Crippen molar-refractivity contribution < 1.29 is 23.8 Å². The smallest absolute Gasteiger partial charge is 0.307 e. The Morgan fingerprint density at radius 1 is 1.36 bits per heavy atom. The normalized spacial score (nSPS) is 26.9. The molecule has 0 spiro atoms. The van der Waals surface area contributed by atoms with Crippen LogP contribution in [0.5, 0.6) is 0 Å². The van der Waals surface area contributed by atoms with Crippen LogP contribution in [0.25, 0.3) is 0 Å². The van der Waals surface area contributed by atoms with Gasteiger partial charge >= 0.3 is 5.97 Å². The first kappa shape index (κ1) is 17.7. The van der Waals surface area contributed by atoms with E-state index in [1.54, 1.807) is 26.0 Å². The molecule has 0 aromatic heterocycles. The highest BCUT2D eigenvalue weighted by Crippen LogP contribution is 2.58. The van der Waals surface area contributed by atoms with Crippen LogP contribution in [0, 0.1) is 23.1 Å². The van der Waals surface area contributed by atoms with Crippen molar-refractivity contribution in [2.24, 2.45) is 17.3 Å². The fourth-order valence-corrected chi connectivity index (χ4v) is 3.57. The Kier molecular flexibility index (Phi) is 4.69. The first-order valence-electron chi connectivity index (χ1n) is 8.49. The maximum atomic E-state index is 14.2. The van der Waals surface area contributed by atoms with Gasteiger partial charge in [0.05, 0.1) is 23.6 Å². The molecule has 3 rings (SSSR count). The number of hydrogen-bond acceptors (Lipinski definition) is 4. The molecule has 1 unspecified atom stereocenters. The lowest BCUT2D eigenvalue weighted by atomic mass is 10.1. The van der Waals surface area contributed by atoms with Crippen LogP contribution in [-0.2, 0) is 14.3 Å². The average Bonchev–Trinajstić information content (AvgIpc) is 2.88. The van der Waals surface area contributed by atoms with Crippen molar-refractivity contribution in [1.29, 1.82) is 0 Å². The number of anilines is 2. The zero-order valence-electron chi connectivity index (χ0n) is 14.3. The van der Waals surface area contributed by atoms with Gasteiger partial charge in [0, 0.05) is 18.8 Å². The summed E-state index contributed by atoms with van der Waals surface area (Å²) in [5.74, 6) is -3.16. The monoisotopic (exact) mass is 350 g/mol. The molecule has 3 atom stereocenters. The van der Waals surface area contributed by atoms with Crippen LogP contribution in [0.4, 0.5) is 15.8 Å². The molecular formula is C18H23FN2O4. The lowest BCUT2D eigenvalue weighted by molar-refractivity contribution is -0.140. The molecule has 136 valence electrons. The van der Waals surface area contributed by atoms with Gasteiger partial charge in [0.25, 0.3) is 0 Å². The summed E-state index contributed by atoms with van der Waals surface area (Å²) >= 11 is 0. The molecule has 1 aromatic carbocycles. The van der Waals surface area contributed by atoms with E-state index >= 15 is 0 Å². The van der Waals surface area contributed by atoms with Crippen LogP contribution in [0.3, 0.4) is 0 Å². The number of rotatable bonds is 6. The van der Waals surface area contributed by atoms with E-state index in [0.29, 0.717) is 17.9 Å². The molecule has 1 aliphatic carbocycles. The molecule has 1 aromatic rings. The standard InChI is InChI=1S/C18H23FN2O4/c1-18(2)14(15(18)17(23)24)16(22)21-10-5-6-13(12(19)8-10)20-9-11-4-3-7-25-11/h5-6,8,11,14-15,20H,3-4,7,9H2,1-2H3,(H,21,22)(H,23,24)/t11?,14-,15+/m1/s1. The highest BCUT2D eigenvalue weighted by Gasteiger charge is 2.65. The van der Waals surface area contributed by atoms with Gasteiger partial charge in [-0.2, -0.15) is 0 Å². The van der Waals surface area contributed by atoms with E-state index in [1.165, 1.54) is 6.07 Å². The highest BCUT2D eigenvalue weighted by atomic mass is 19.1. The first-order chi connectivity index (χ1) is 11.8. The number of nitrogens with one attached hydrogen (secondary N) is 2. The van der Waals surface area contributed by atoms with Crippen LogP contribution in [0.2, 0.25) is 0 Å². The molecule has 1 saturated heterocycles. The number of carbonyl (C=O) groups is 2. The minimum absolute atomic E-state index is 0.101. The Morgan fingerprint density at radius 3 is 2.68 bits per heavy atom. The number of ether oxygens (including phenoxy) is 1. The molecule has 1 amide bonds. The van der Waals surface area contributed by atoms with E-state index in [1.807, 2.05) is 0 Å². The third kappa shape index (κ3) is 3.61. The predicted octanol–water partition coefficient (Wildman–Crippen LogP) is 2.71. The van der Waals surface area contributed by atoms with Crippen molar-refractivity contribution in [3.63, 3.8) is 0 Å². The minimum Gasteiger partial charge on any atom is -0.481 e. The zero-order chi connectivity index (χ0) is 18.2. The lowest BCUT2D eigenvalue weighted by Crippen LogP contribution is -2.19. The number of carboxylic acids is 1. The summed E-state index contributed by atoms with van der Waals surface area (Å²) < 4.78 is 19.7. The number of halogens is 1. The summed E-state index contributed by atoms with van der Waals surface area (Å²) in [6, 6.07) is 4.40. The Bertz CT molecular complexity index is 686. The minimum atomic E-state index is -0.981. The number of aliphatic carboxylic acids is 1. The quantitative estimate of drug-likeness (QED) is 0.734. The van der Waals surface area contributed by atoms with E-state index in [-0.39, 0.29) is 6.10 Å². The molecule has 1 saturated carbocycles.